The summed E-state index contributed by atoms with van der Waals surface area (Å²) in [4.78, 5) is 29.2. The molecule has 4 aliphatic rings. The molecule has 2 aromatic rings. The van der Waals surface area contributed by atoms with Gasteiger partial charge in [-0.3, -0.25) is 9.89 Å². The van der Waals surface area contributed by atoms with Crippen LogP contribution in [0, 0.1) is 29.6 Å². The van der Waals surface area contributed by atoms with Gasteiger partial charge in [0.15, 0.2) is 0 Å². The van der Waals surface area contributed by atoms with Crippen molar-refractivity contribution in [2.75, 3.05) is 32.8 Å². The lowest BCUT2D eigenvalue weighted by atomic mass is 10.0. The number of fused-ring (bicyclic) bond motifs is 3. The molecule has 1 aromatic carbocycles. The van der Waals surface area contributed by atoms with Gasteiger partial charge in [-0.25, -0.2) is 4.79 Å². The molecule has 8 nitrogen and oxygen atoms in total. The fraction of sp³-hybridized carbons (Fsp3) is 0.636. The van der Waals surface area contributed by atoms with Gasteiger partial charge in [-0.1, -0.05) is 18.1 Å². The number of carbonyl (C=O) groups excluding carboxylic acids is 2. The van der Waals surface area contributed by atoms with E-state index in [4.69, 9.17) is 4.74 Å². The van der Waals surface area contributed by atoms with Gasteiger partial charge < -0.3 is 14.5 Å². The zero-order valence-corrected chi connectivity index (χ0v) is 17.0. The number of aromatic nitrogens is 3. The van der Waals surface area contributed by atoms with Crippen LogP contribution in [0.2, 0.25) is 0 Å². The van der Waals surface area contributed by atoms with Crippen molar-refractivity contribution in [3.63, 3.8) is 0 Å². The molecule has 1 N–H and O–H groups in total. The first-order valence-corrected chi connectivity index (χ1v) is 11.2. The highest BCUT2D eigenvalue weighted by Crippen LogP contribution is 2.55. The van der Waals surface area contributed by atoms with Crippen molar-refractivity contribution in [2.24, 2.45) is 29.6 Å². The van der Waals surface area contributed by atoms with Crippen LogP contribution in [0.15, 0.2) is 18.2 Å². The molecule has 0 bridgehead atoms. The van der Waals surface area contributed by atoms with Crippen molar-refractivity contribution < 1.29 is 14.3 Å². The molecule has 0 radical (unpaired) electrons. The molecule has 2 unspecified atom stereocenters. The van der Waals surface area contributed by atoms with E-state index < -0.39 is 0 Å². The lowest BCUT2D eigenvalue weighted by Crippen LogP contribution is -2.36. The number of rotatable bonds is 3. The lowest BCUT2D eigenvalue weighted by Gasteiger charge is -2.21. The molecule has 30 heavy (non-hydrogen) atoms. The summed E-state index contributed by atoms with van der Waals surface area (Å²) in [6.07, 6.45) is 5.14. The SMILES string of the molecule is O=C(OCC1C2CCCCC21)N1C[C@@H]2CN(C(=O)c3ccc4[nH]nnc4c3)C[C@@H]2C1. The number of nitrogens with one attached hydrogen (secondary N) is 1. The van der Waals surface area contributed by atoms with Crippen molar-refractivity contribution in [2.45, 2.75) is 25.7 Å². The molecular weight excluding hydrogens is 382 g/mol. The first-order valence-electron chi connectivity index (χ1n) is 11.2. The van der Waals surface area contributed by atoms with Gasteiger partial charge in [-0.15, -0.1) is 5.10 Å². The van der Waals surface area contributed by atoms with Crippen molar-refractivity contribution in [3.05, 3.63) is 23.8 Å². The molecule has 4 atom stereocenters. The minimum atomic E-state index is -0.164. The highest BCUT2D eigenvalue weighted by Gasteiger charge is 2.51. The average molecular weight is 409 g/mol. The van der Waals surface area contributed by atoms with Crippen molar-refractivity contribution in [1.29, 1.82) is 0 Å². The molecule has 158 valence electrons. The maximum Gasteiger partial charge on any atom is 0.409 e. The fourth-order valence-corrected chi connectivity index (χ4v) is 6.11. The third-order valence-corrected chi connectivity index (χ3v) is 7.84. The Balaban J connectivity index is 1.02. The van der Waals surface area contributed by atoms with Crippen LogP contribution in [0.5, 0.6) is 0 Å². The Hall–Kier alpha value is -2.64. The van der Waals surface area contributed by atoms with E-state index in [9.17, 15) is 9.59 Å². The first-order chi connectivity index (χ1) is 14.7. The number of ether oxygens (including phenoxy) is 1. The van der Waals surface area contributed by atoms with Crippen LogP contribution < -0.4 is 0 Å². The van der Waals surface area contributed by atoms with Crippen molar-refractivity contribution in [3.8, 4) is 0 Å². The highest BCUT2D eigenvalue weighted by molar-refractivity contribution is 5.97. The minimum absolute atomic E-state index is 0.0276. The summed E-state index contributed by atoms with van der Waals surface area (Å²) in [6, 6.07) is 5.44. The second-order valence-corrected chi connectivity index (χ2v) is 9.53. The number of likely N-dealkylation sites (tertiary alicyclic amines) is 2. The average Bonchev–Trinajstić information content (AvgIpc) is 3.12. The molecule has 2 saturated heterocycles. The minimum Gasteiger partial charge on any atom is -0.449 e. The van der Waals surface area contributed by atoms with Crippen molar-refractivity contribution >= 4 is 23.0 Å². The van der Waals surface area contributed by atoms with Crippen LogP contribution in [0.1, 0.15) is 36.0 Å². The van der Waals surface area contributed by atoms with E-state index in [2.05, 4.69) is 15.4 Å². The zero-order valence-electron chi connectivity index (χ0n) is 17.0. The van der Waals surface area contributed by atoms with Crippen LogP contribution in [0.25, 0.3) is 11.0 Å². The number of carbonyl (C=O) groups is 2. The number of aromatic amines is 1. The van der Waals surface area contributed by atoms with Gasteiger partial charge in [0.1, 0.15) is 5.52 Å². The number of hydrogen-bond acceptors (Lipinski definition) is 5. The summed E-state index contributed by atoms with van der Waals surface area (Å²) in [6.45, 7) is 3.35. The number of amides is 2. The van der Waals surface area contributed by atoms with E-state index in [1.807, 2.05) is 21.9 Å². The molecule has 6 rings (SSSR count). The zero-order chi connectivity index (χ0) is 20.2. The van der Waals surface area contributed by atoms with E-state index in [0.29, 0.717) is 61.6 Å². The monoisotopic (exact) mass is 409 g/mol. The predicted molar refractivity (Wildman–Crippen MR) is 109 cm³/mol. The van der Waals surface area contributed by atoms with Crippen LogP contribution in [-0.4, -0.2) is 70.0 Å². The maximum atomic E-state index is 12.9. The Bertz CT molecular complexity index is 964. The van der Waals surface area contributed by atoms with Crippen LogP contribution >= 0.6 is 0 Å². The summed E-state index contributed by atoms with van der Waals surface area (Å²) in [5.74, 6) is 2.91. The van der Waals surface area contributed by atoms with Gasteiger partial charge in [0.2, 0.25) is 0 Å². The lowest BCUT2D eigenvalue weighted by molar-refractivity contribution is 0.0764. The van der Waals surface area contributed by atoms with Gasteiger partial charge >= 0.3 is 6.09 Å². The molecule has 2 aliphatic heterocycles. The quantitative estimate of drug-likeness (QED) is 0.841. The van der Waals surface area contributed by atoms with Crippen LogP contribution in [0.3, 0.4) is 0 Å². The van der Waals surface area contributed by atoms with E-state index in [1.54, 1.807) is 6.07 Å². The molecule has 1 aromatic heterocycles. The first kappa shape index (κ1) is 18.2. The van der Waals surface area contributed by atoms with Gasteiger partial charge in [-0.05, 0) is 48.8 Å². The standard InChI is InChI=1S/C22H27N5O3/c28-21(13-5-6-19-20(7-13)24-25-23-19)26-8-14-10-27(11-15(14)9-26)22(29)30-12-18-16-3-1-2-4-17(16)18/h5-7,14-18H,1-4,8-12H2,(H,23,24,25)/t14-,15+,16?,17?,18?. The van der Waals surface area contributed by atoms with Crippen LogP contribution in [0.4, 0.5) is 4.79 Å². The molecule has 8 heteroatoms. The van der Waals surface area contributed by atoms with Gasteiger partial charge in [0.05, 0.1) is 12.1 Å². The number of hydrogen-bond donors (Lipinski definition) is 1. The van der Waals surface area contributed by atoms with Crippen LogP contribution in [-0.2, 0) is 4.74 Å². The van der Waals surface area contributed by atoms with E-state index >= 15 is 0 Å². The Morgan fingerprint density at radius 1 is 1.03 bits per heavy atom. The summed E-state index contributed by atoms with van der Waals surface area (Å²) in [5.41, 5.74) is 2.16. The Kier molecular flexibility index (Phi) is 4.21. The molecular formula is C22H27N5O3. The van der Waals surface area contributed by atoms with Gasteiger partial charge in [0, 0.05) is 43.6 Å². The summed E-state index contributed by atoms with van der Waals surface area (Å²) >= 11 is 0. The smallest absolute Gasteiger partial charge is 0.409 e. The van der Waals surface area contributed by atoms with Gasteiger partial charge in [-0.2, -0.15) is 0 Å². The normalized spacial score (nSPS) is 32.2. The summed E-state index contributed by atoms with van der Waals surface area (Å²) in [5, 5.41) is 10.6. The third-order valence-electron chi connectivity index (χ3n) is 7.84. The van der Waals surface area contributed by atoms with E-state index in [0.717, 1.165) is 17.4 Å². The number of H-pyrrole nitrogens is 1. The second-order valence-electron chi connectivity index (χ2n) is 9.53. The number of nitrogens with zero attached hydrogens (tertiary/aromatic N) is 4. The predicted octanol–water partition coefficient (Wildman–Crippen LogP) is 2.53. The molecule has 2 saturated carbocycles. The molecule has 0 spiro atoms. The highest BCUT2D eigenvalue weighted by atomic mass is 16.6. The van der Waals surface area contributed by atoms with E-state index in [-0.39, 0.29) is 12.0 Å². The third kappa shape index (κ3) is 3.04. The molecule has 3 heterocycles. The Morgan fingerprint density at radius 2 is 1.73 bits per heavy atom. The van der Waals surface area contributed by atoms with Crippen molar-refractivity contribution in [1.82, 2.24) is 25.2 Å². The molecule has 2 aliphatic carbocycles. The number of benzene rings is 1. The summed E-state index contributed by atoms with van der Waals surface area (Å²) in [7, 11) is 0. The second kappa shape index (κ2) is 6.96. The fourth-order valence-electron chi connectivity index (χ4n) is 6.11. The Morgan fingerprint density at radius 3 is 2.47 bits per heavy atom. The maximum absolute atomic E-state index is 12.9. The topological polar surface area (TPSA) is 91.4 Å². The van der Waals surface area contributed by atoms with E-state index in [1.165, 1.54) is 25.7 Å². The summed E-state index contributed by atoms with van der Waals surface area (Å²) < 4.78 is 5.67. The molecule has 2 amide bonds. The largest absolute Gasteiger partial charge is 0.449 e. The Labute approximate surface area is 174 Å². The molecule has 4 fully saturated rings. The van der Waals surface area contributed by atoms with Gasteiger partial charge in [0.25, 0.3) is 5.91 Å².